The maximum absolute atomic E-state index is 12.3. The monoisotopic (exact) mass is 524 g/mol. The Bertz CT molecular complexity index is 943. The maximum atomic E-state index is 12.3. The van der Waals surface area contributed by atoms with Crippen molar-refractivity contribution in [3.8, 4) is 11.5 Å². The van der Waals surface area contributed by atoms with E-state index in [1.54, 1.807) is 31.4 Å². The molecule has 0 bridgehead atoms. The average Bonchev–Trinajstić information content (AvgIpc) is 2.67. The number of hydrogen-bond donors (Lipinski definition) is 2. The van der Waals surface area contributed by atoms with Crippen LogP contribution < -0.4 is 20.1 Å². The molecule has 0 aliphatic heterocycles. The number of carbonyl (C=O) groups excluding carboxylic acids is 2. The molecule has 0 heterocycles. The van der Waals surface area contributed by atoms with E-state index in [1.807, 2.05) is 26.0 Å². The number of halogens is 2. The number of rotatable bonds is 7. The fraction of sp³-hybridized carbons (Fsp3) is 0.238. The summed E-state index contributed by atoms with van der Waals surface area (Å²) < 4.78 is 12.3. The molecule has 2 aromatic carbocycles. The lowest BCUT2D eigenvalue weighted by Gasteiger charge is -2.13. The lowest BCUT2D eigenvalue weighted by Crippen LogP contribution is -2.18. The van der Waals surface area contributed by atoms with Crippen LogP contribution in [-0.4, -0.2) is 26.0 Å². The van der Waals surface area contributed by atoms with Crippen LogP contribution in [0.25, 0.3) is 6.08 Å². The highest BCUT2D eigenvalue weighted by Gasteiger charge is 2.12. The van der Waals surface area contributed by atoms with E-state index < -0.39 is 0 Å². The van der Waals surface area contributed by atoms with Crippen LogP contribution >= 0.6 is 31.9 Å². The van der Waals surface area contributed by atoms with Gasteiger partial charge in [-0.2, -0.15) is 0 Å². The predicted octanol–water partition coefficient (Wildman–Crippen LogP) is 5.48. The van der Waals surface area contributed by atoms with Crippen molar-refractivity contribution in [2.45, 2.75) is 13.8 Å². The first-order valence-corrected chi connectivity index (χ1v) is 10.3. The third-order valence-electron chi connectivity index (χ3n) is 3.91. The molecule has 0 unspecified atom stereocenters. The second-order valence-corrected chi connectivity index (χ2v) is 8.16. The van der Waals surface area contributed by atoms with Gasteiger partial charge in [0.15, 0.2) is 0 Å². The maximum Gasteiger partial charge on any atom is 0.248 e. The molecule has 0 atom stereocenters. The van der Waals surface area contributed by atoms with E-state index in [2.05, 4.69) is 42.5 Å². The van der Waals surface area contributed by atoms with Crippen molar-refractivity contribution in [3.05, 3.63) is 50.9 Å². The van der Waals surface area contributed by atoms with Crippen molar-refractivity contribution in [1.82, 2.24) is 0 Å². The van der Waals surface area contributed by atoms with Crippen LogP contribution in [0.5, 0.6) is 11.5 Å². The van der Waals surface area contributed by atoms with Crippen molar-refractivity contribution >= 4 is 61.1 Å². The molecular weight excluding hydrogens is 504 g/mol. The van der Waals surface area contributed by atoms with Crippen LogP contribution in [-0.2, 0) is 9.59 Å². The highest BCUT2D eigenvalue weighted by molar-refractivity contribution is 9.11. The summed E-state index contributed by atoms with van der Waals surface area (Å²) in [6.07, 6.45) is 3.08. The molecule has 0 fully saturated rings. The van der Waals surface area contributed by atoms with E-state index in [1.165, 1.54) is 13.2 Å². The summed E-state index contributed by atoms with van der Waals surface area (Å²) in [4.78, 5) is 24.2. The van der Waals surface area contributed by atoms with Crippen molar-refractivity contribution in [2.24, 2.45) is 5.92 Å². The molecule has 8 heteroatoms. The second-order valence-electron chi connectivity index (χ2n) is 6.39. The van der Waals surface area contributed by atoms with Crippen LogP contribution in [0.1, 0.15) is 19.4 Å². The predicted molar refractivity (Wildman–Crippen MR) is 123 cm³/mol. The van der Waals surface area contributed by atoms with Gasteiger partial charge in [-0.25, -0.2) is 0 Å². The Morgan fingerprint density at radius 3 is 2.38 bits per heavy atom. The van der Waals surface area contributed by atoms with Gasteiger partial charge in [0, 0.05) is 33.8 Å². The Labute approximate surface area is 186 Å². The van der Waals surface area contributed by atoms with E-state index in [-0.39, 0.29) is 17.7 Å². The number of hydrogen-bond acceptors (Lipinski definition) is 4. The third kappa shape index (κ3) is 6.33. The first-order valence-electron chi connectivity index (χ1n) is 8.76. The van der Waals surface area contributed by atoms with Gasteiger partial charge in [0.1, 0.15) is 11.5 Å². The molecule has 0 spiro atoms. The summed E-state index contributed by atoms with van der Waals surface area (Å²) >= 11 is 6.86. The highest BCUT2D eigenvalue weighted by atomic mass is 79.9. The molecule has 2 rings (SSSR count). The molecule has 2 amide bonds. The molecule has 2 aromatic rings. The normalized spacial score (nSPS) is 10.9. The molecule has 0 aromatic heterocycles. The summed E-state index contributed by atoms with van der Waals surface area (Å²) in [5, 5.41) is 5.57. The Balaban J connectivity index is 2.15. The quantitative estimate of drug-likeness (QED) is 0.469. The molecule has 0 saturated carbocycles. The SMILES string of the molecule is COc1cc(NC(=O)/C=C/c2cc(Br)cc(Br)c2OC)ccc1NC(=O)C(C)C. The largest absolute Gasteiger partial charge is 0.495 e. The second kappa shape index (κ2) is 10.5. The first-order chi connectivity index (χ1) is 13.7. The average molecular weight is 526 g/mol. The lowest BCUT2D eigenvalue weighted by molar-refractivity contribution is -0.119. The fourth-order valence-corrected chi connectivity index (χ4v) is 3.84. The Hall–Kier alpha value is -2.32. The summed E-state index contributed by atoms with van der Waals surface area (Å²) in [5.41, 5.74) is 1.83. The number of amides is 2. The molecule has 0 aliphatic carbocycles. The number of ether oxygens (including phenoxy) is 2. The van der Waals surface area contributed by atoms with Gasteiger partial charge >= 0.3 is 0 Å². The molecule has 2 N–H and O–H groups in total. The van der Waals surface area contributed by atoms with Crippen LogP contribution in [0.2, 0.25) is 0 Å². The lowest BCUT2D eigenvalue weighted by atomic mass is 10.2. The van der Waals surface area contributed by atoms with E-state index >= 15 is 0 Å². The molecule has 29 heavy (non-hydrogen) atoms. The summed E-state index contributed by atoms with van der Waals surface area (Å²) in [7, 11) is 3.07. The zero-order valence-electron chi connectivity index (χ0n) is 16.5. The molecule has 0 saturated heterocycles. The Morgan fingerprint density at radius 1 is 1.03 bits per heavy atom. The molecule has 6 nitrogen and oxygen atoms in total. The van der Waals surface area contributed by atoms with Gasteiger partial charge in [0.2, 0.25) is 11.8 Å². The number of anilines is 2. The molecular formula is C21H22Br2N2O4. The van der Waals surface area contributed by atoms with Gasteiger partial charge < -0.3 is 20.1 Å². The molecule has 154 valence electrons. The van der Waals surface area contributed by atoms with Crippen molar-refractivity contribution in [3.63, 3.8) is 0 Å². The molecule has 0 aliphatic rings. The number of nitrogens with one attached hydrogen (secondary N) is 2. The molecule has 0 radical (unpaired) electrons. The minimum atomic E-state index is -0.316. The van der Waals surface area contributed by atoms with Crippen molar-refractivity contribution in [2.75, 3.05) is 24.9 Å². The van der Waals surface area contributed by atoms with Gasteiger partial charge in [0.25, 0.3) is 0 Å². The van der Waals surface area contributed by atoms with E-state index in [4.69, 9.17) is 9.47 Å². The van der Waals surface area contributed by atoms with Gasteiger partial charge in [-0.1, -0.05) is 29.8 Å². The summed E-state index contributed by atoms with van der Waals surface area (Å²) in [6, 6.07) is 8.75. The standard InChI is InChI=1S/C21H22Br2N2O4/c1-12(2)21(27)25-17-7-6-15(11-18(17)28-3)24-19(26)8-5-13-9-14(22)10-16(23)20(13)29-4/h5-12H,1-4H3,(H,24,26)(H,25,27)/b8-5+. The van der Waals surface area contributed by atoms with Gasteiger partial charge in [-0.15, -0.1) is 0 Å². The first kappa shape index (κ1) is 23.0. The van der Waals surface area contributed by atoms with Crippen LogP contribution in [0.3, 0.4) is 0 Å². The third-order valence-corrected chi connectivity index (χ3v) is 4.95. The van der Waals surface area contributed by atoms with Gasteiger partial charge in [-0.05, 0) is 46.3 Å². The smallest absolute Gasteiger partial charge is 0.248 e. The van der Waals surface area contributed by atoms with Crippen molar-refractivity contribution in [1.29, 1.82) is 0 Å². The fourth-order valence-electron chi connectivity index (χ4n) is 2.42. The number of methoxy groups -OCH3 is 2. The number of carbonyl (C=O) groups is 2. The van der Waals surface area contributed by atoms with E-state index in [9.17, 15) is 9.59 Å². The van der Waals surface area contributed by atoms with Crippen LogP contribution in [0.15, 0.2) is 45.4 Å². The minimum absolute atomic E-state index is 0.114. The summed E-state index contributed by atoms with van der Waals surface area (Å²) in [6.45, 7) is 3.61. The summed E-state index contributed by atoms with van der Waals surface area (Å²) in [5.74, 6) is 0.503. The zero-order chi connectivity index (χ0) is 21.6. The Kier molecular flexibility index (Phi) is 8.28. The van der Waals surface area contributed by atoms with E-state index in [0.29, 0.717) is 22.9 Å². The Morgan fingerprint density at radius 2 is 1.76 bits per heavy atom. The van der Waals surface area contributed by atoms with Gasteiger partial charge in [-0.3, -0.25) is 9.59 Å². The number of benzene rings is 2. The minimum Gasteiger partial charge on any atom is -0.495 e. The van der Waals surface area contributed by atoms with Crippen LogP contribution in [0, 0.1) is 5.92 Å². The zero-order valence-corrected chi connectivity index (χ0v) is 19.7. The van der Waals surface area contributed by atoms with Crippen molar-refractivity contribution < 1.29 is 19.1 Å². The highest BCUT2D eigenvalue weighted by Crippen LogP contribution is 2.33. The topological polar surface area (TPSA) is 76.7 Å². The van der Waals surface area contributed by atoms with Gasteiger partial charge in [0.05, 0.1) is 24.4 Å². The van der Waals surface area contributed by atoms with Crippen LogP contribution in [0.4, 0.5) is 11.4 Å². The van der Waals surface area contributed by atoms with E-state index in [0.717, 1.165) is 14.5 Å².